The van der Waals surface area contributed by atoms with E-state index >= 15 is 0 Å². The number of carbonyl (C=O) groups is 3. The Morgan fingerprint density at radius 1 is 1.34 bits per heavy atom. The number of benzene rings is 1. The summed E-state index contributed by atoms with van der Waals surface area (Å²) >= 11 is 1.17. The van der Waals surface area contributed by atoms with Crippen molar-refractivity contribution in [2.75, 3.05) is 30.9 Å². The van der Waals surface area contributed by atoms with Gasteiger partial charge in [-0.3, -0.25) is 19.1 Å². The number of ether oxygens (including phenoxy) is 1. The van der Waals surface area contributed by atoms with Gasteiger partial charge in [0.2, 0.25) is 11.8 Å². The highest BCUT2D eigenvalue weighted by Gasteiger charge is 2.46. The third kappa shape index (κ3) is 4.28. The molecule has 1 aliphatic rings. The topological polar surface area (TPSA) is 114 Å². The maximum atomic E-state index is 13.1. The normalized spacial score (nSPS) is 18.0. The van der Waals surface area contributed by atoms with Crippen LogP contribution in [0.4, 0.5) is 11.4 Å². The number of fused-ring (bicyclic) bond motifs is 1. The van der Waals surface area contributed by atoms with Crippen molar-refractivity contribution in [1.29, 1.82) is 0 Å². The summed E-state index contributed by atoms with van der Waals surface area (Å²) in [5.41, 5.74) is 1.01. The van der Waals surface area contributed by atoms with Crippen LogP contribution >= 0.6 is 11.8 Å². The molecule has 1 atom stereocenters. The molecule has 0 saturated carbocycles. The maximum absolute atomic E-state index is 13.1. The Morgan fingerprint density at radius 3 is 2.83 bits per heavy atom. The first-order chi connectivity index (χ1) is 13.9. The number of thioether (sulfide) groups is 1. The van der Waals surface area contributed by atoms with Crippen molar-refractivity contribution < 1.29 is 19.1 Å². The van der Waals surface area contributed by atoms with Crippen molar-refractivity contribution in [2.24, 2.45) is 0 Å². The van der Waals surface area contributed by atoms with Gasteiger partial charge >= 0.3 is 0 Å². The Balaban J connectivity index is 1.82. The SMILES string of the molecule is CCn1cc(NC(=O)C2(C)Sc3ccccc3NC2=O)c(C(=O)NCCOC)n1. The average Bonchev–Trinajstić information content (AvgIpc) is 3.12. The maximum Gasteiger partial charge on any atom is 0.274 e. The van der Waals surface area contributed by atoms with Crippen LogP contribution in [0.3, 0.4) is 0 Å². The van der Waals surface area contributed by atoms with Crippen LogP contribution in [-0.4, -0.2) is 52.5 Å². The van der Waals surface area contributed by atoms with E-state index in [2.05, 4.69) is 21.0 Å². The van der Waals surface area contributed by atoms with Gasteiger partial charge < -0.3 is 20.7 Å². The van der Waals surface area contributed by atoms with Gasteiger partial charge in [-0.2, -0.15) is 5.10 Å². The van der Waals surface area contributed by atoms with E-state index in [1.807, 2.05) is 25.1 Å². The van der Waals surface area contributed by atoms with Crippen LogP contribution in [0.25, 0.3) is 0 Å². The molecule has 2 aromatic rings. The van der Waals surface area contributed by atoms with Crippen LogP contribution in [0.1, 0.15) is 24.3 Å². The van der Waals surface area contributed by atoms with Gasteiger partial charge in [-0.05, 0) is 26.0 Å². The number of para-hydroxylation sites is 1. The molecule has 10 heteroatoms. The second-order valence-electron chi connectivity index (χ2n) is 6.54. The fraction of sp³-hybridized carbons (Fsp3) is 0.368. The molecule has 3 N–H and O–H groups in total. The number of amides is 3. The molecule has 0 bridgehead atoms. The van der Waals surface area contributed by atoms with Crippen molar-refractivity contribution in [3.05, 3.63) is 36.2 Å². The summed E-state index contributed by atoms with van der Waals surface area (Å²) in [4.78, 5) is 39.0. The zero-order chi connectivity index (χ0) is 21.0. The predicted molar refractivity (Wildman–Crippen MR) is 110 cm³/mol. The molecule has 3 amide bonds. The van der Waals surface area contributed by atoms with E-state index in [0.29, 0.717) is 25.4 Å². The van der Waals surface area contributed by atoms with Crippen molar-refractivity contribution in [2.45, 2.75) is 30.0 Å². The number of carbonyl (C=O) groups excluding carboxylic acids is 3. The fourth-order valence-electron chi connectivity index (χ4n) is 2.75. The highest BCUT2D eigenvalue weighted by Crippen LogP contribution is 2.42. The van der Waals surface area contributed by atoms with Crippen LogP contribution in [0, 0.1) is 0 Å². The Morgan fingerprint density at radius 2 is 2.10 bits per heavy atom. The van der Waals surface area contributed by atoms with E-state index in [1.54, 1.807) is 23.9 Å². The summed E-state index contributed by atoms with van der Waals surface area (Å²) in [6, 6.07) is 7.28. The Kier molecular flexibility index (Phi) is 6.23. The monoisotopic (exact) mass is 417 g/mol. The van der Waals surface area contributed by atoms with Crippen molar-refractivity contribution in [3.63, 3.8) is 0 Å². The molecule has 1 unspecified atom stereocenters. The van der Waals surface area contributed by atoms with E-state index in [1.165, 1.54) is 18.9 Å². The second-order valence-corrected chi connectivity index (χ2v) is 8.00. The molecule has 1 aliphatic heterocycles. The molecule has 3 rings (SSSR count). The van der Waals surface area contributed by atoms with Gasteiger partial charge in [-0.25, -0.2) is 0 Å². The highest BCUT2D eigenvalue weighted by atomic mass is 32.2. The standard InChI is InChI=1S/C19H23N5O4S/c1-4-24-11-13(15(23-24)16(25)20-9-10-28-3)22-18(27)19(2)17(26)21-12-7-5-6-8-14(12)29-19/h5-8,11H,4,9-10H2,1-3H3,(H,20,25)(H,21,26)(H,22,27). The van der Waals surface area contributed by atoms with E-state index in [4.69, 9.17) is 4.74 Å². The van der Waals surface area contributed by atoms with Gasteiger partial charge in [0.25, 0.3) is 5.91 Å². The molecular weight excluding hydrogens is 394 g/mol. The molecule has 1 aromatic heterocycles. The third-order valence-corrected chi connectivity index (χ3v) is 5.81. The lowest BCUT2D eigenvalue weighted by Crippen LogP contribution is -2.49. The smallest absolute Gasteiger partial charge is 0.274 e. The van der Waals surface area contributed by atoms with Gasteiger partial charge in [0.05, 0.1) is 18.0 Å². The number of hydrogen-bond donors (Lipinski definition) is 3. The van der Waals surface area contributed by atoms with Gasteiger partial charge in [0.15, 0.2) is 10.4 Å². The Bertz CT molecular complexity index is 944. The van der Waals surface area contributed by atoms with Crippen LogP contribution in [0.5, 0.6) is 0 Å². The van der Waals surface area contributed by atoms with E-state index < -0.39 is 22.5 Å². The highest BCUT2D eigenvalue weighted by molar-refractivity contribution is 8.02. The van der Waals surface area contributed by atoms with Gasteiger partial charge in [0, 0.05) is 31.3 Å². The number of hydrogen-bond acceptors (Lipinski definition) is 6. The zero-order valence-corrected chi connectivity index (χ0v) is 17.3. The molecule has 9 nitrogen and oxygen atoms in total. The fourth-order valence-corrected chi connectivity index (χ4v) is 3.85. The lowest BCUT2D eigenvalue weighted by atomic mass is 10.1. The summed E-state index contributed by atoms with van der Waals surface area (Å²) < 4.78 is 5.08. The summed E-state index contributed by atoms with van der Waals surface area (Å²) in [7, 11) is 1.54. The van der Waals surface area contributed by atoms with E-state index in [9.17, 15) is 14.4 Å². The zero-order valence-electron chi connectivity index (χ0n) is 16.4. The average molecular weight is 417 g/mol. The number of aryl methyl sites for hydroxylation is 1. The molecule has 0 fully saturated rings. The van der Waals surface area contributed by atoms with Crippen molar-refractivity contribution in [3.8, 4) is 0 Å². The summed E-state index contributed by atoms with van der Waals surface area (Å²) in [6.45, 7) is 4.62. The Labute approximate surface area is 172 Å². The lowest BCUT2D eigenvalue weighted by molar-refractivity contribution is -0.126. The largest absolute Gasteiger partial charge is 0.383 e. The molecule has 0 radical (unpaired) electrons. The number of nitrogens with one attached hydrogen (secondary N) is 3. The van der Waals surface area contributed by atoms with Crippen LogP contribution < -0.4 is 16.0 Å². The number of nitrogens with zero attached hydrogens (tertiary/aromatic N) is 2. The summed E-state index contributed by atoms with van der Waals surface area (Å²) in [6.07, 6.45) is 1.58. The van der Waals surface area contributed by atoms with Crippen molar-refractivity contribution >= 4 is 40.9 Å². The molecule has 1 aromatic carbocycles. The van der Waals surface area contributed by atoms with Crippen LogP contribution in [0.15, 0.2) is 35.4 Å². The number of aromatic nitrogens is 2. The molecule has 0 saturated heterocycles. The first-order valence-electron chi connectivity index (χ1n) is 9.14. The van der Waals surface area contributed by atoms with Crippen molar-refractivity contribution in [1.82, 2.24) is 15.1 Å². The quantitative estimate of drug-likeness (QED) is 0.467. The van der Waals surface area contributed by atoms with E-state index in [-0.39, 0.29) is 11.4 Å². The summed E-state index contributed by atoms with van der Waals surface area (Å²) in [5.74, 6) is -1.38. The molecule has 0 aliphatic carbocycles. The molecular formula is C19H23N5O4S. The van der Waals surface area contributed by atoms with Gasteiger partial charge in [-0.1, -0.05) is 23.9 Å². The molecule has 0 spiro atoms. The van der Waals surface area contributed by atoms with Crippen LogP contribution in [-0.2, 0) is 20.9 Å². The first kappa shape index (κ1) is 20.9. The minimum absolute atomic E-state index is 0.0847. The minimum Gasteiger partial charge on any atom is -0.383 e. The third-order valence-electron chi connectivity index (χ3n) is 4.46. The molecule has 154 valence electrons. The van der Waals surface area contributed by atoms with Crippen LogP contribution in [0.2, 0.25) is 0 Å². The second kappa shape index (κ2) is 8.66. The van der Waals surface area contributed by atoms with E-state index in [0.717, 1.165) is 4.90 Å². The number of anilines is 2. The van der Waals surface area contributed by atoms with Gasteiger partial charge in [0.1, 0.15) is 0 Å². The Hall–Kier alpha value is -2.85. The minimum atomic E-state index is -1.40. The summed E-state index contributed by atoms with van der Waals surface area (Å²) in [5, 5.41) is 12.4. The number of methoxy groups -OCH3 is 1. The molecule has 29 heavy (non-hydrogen) atoms. The van der Waals surface area contributed by atoms with Gasteiger partial charge in [-0.15, -0.1) is 0 Å². The predicted octanol–water partition coefficient (Wildman–Crippen LogP) is 1.72. The lowest BCUT2D eigenvalue weighted by Gasteiger charge is -2.31. The molecule has 2 heterocycles. The first-order valence-corrected chi connectivity index (χ1v) is 9.96. The number of rotatable bonds is 7.